The van der Waals surface area contributed by atoms with Crippen molar-refractivity contribution in [1.29, 1.82) is 0 Å². The molecule has 1 N–H and O–H groups in total. The van der Waals surface area contributed by atoms with E-state index in [1.807, 2.05) is 42.5 Å². The van der Waals surface area contributed by atoms with E-state index < -0.39 is 11.5 Å². The summed E-state index contributed by atoms with van der Waals surface area (Å²) in [5.74, 6) is -0.220. The van der Waals surface area contributed by atoms with Crippen molar-refractivity contribution in [2.45, 2.75) is 24.4 Å². The van der Waals surface area contributed by atoms with Crippen molar-refractivity contribution in [1.82, 2.24) is 4.90 Å². The van der Waals surface area contributed by atoms with Crippen LogP contribution in [0.2, 0.25) is 0 Å². The number of halogens is 1. The summed E-state index contributed by atoms with van der Waals surface area (Å²) in [4.78, 5) is 2.23. The third kappa shape index (κ3) is 2.67. The van der Waals surface area contributed by atoms with Crippen molar-refractivity contribution >= 4 is 0 Å². The lowest BCUT2D eigenvalue weighted by Gasteiger charge is -2.44. The molecule has 116 valence electrons. The van der Waals surface area contributed by atoms with Gasteiger partial charge in [-0.25, -0.2) is 4.39 Å². The average molecular weight is 299 g/mol. The van der Waals surface area contributed by atoms with Crippen LogP contribution < -0.4 is 0 Å². The van der Waals surface area contributed by atoms with E-state index in [1.165, 1.54) is 6.07 Å². The summed E-state index contributed by atoms with van der Waals surface area (Å²) < 4.78 is 14.5. The number of hydrogen-bond donors (Lipinski definition) is 1. The van der Waals surface area contributed by atoms with Crippen molar-refractivity contribution in [3.05, 3.63) is 71.5 Å². The molecule has 2 nitrogen and oxygen atoms in total. The van der Waals surface area contributed by atoms with Crippen LogP contribution in [0.4, 0.5) is 4.39 Å². The number of piperidine rings is 1. The highest BCUT2D eigenvalue weighted by molar-refractivity contribution is 5.34. The molecule has 0 saturated carbocycles. The van der Waals surface area contributed by atoms with E-state index in [-0.39, 0.29) is 5.82 Å². The predicted octanol–water partition coefficient (Wildman–Crippen LogP) is 3.52. The molecule has 1 fully saturated rings. The van der Waals surface area contributed by atoms with Crippen LogP contribution >= 0.6 is 0 Å². The van der Waals surface area contributed by atoms with Gasteiger partial charge in [0.05, 0.1) is 6.10 Å². The highest BCUT2D eigenvalue weighted by atomic mass is 19.1. The monoisotopic (exact) mass is 299 g/mol. The minimum Gasteiger partial charge on any atom is -0.387 e. The third-order valence-electron chi connectivity index (χ3n) is 4.93. The molecule has 0 aliphatic carbocycles. The van der Waals surface area contributed by atoms with Gasteiger partial charge in [-0.1, -0.05) is 48.5 Å². The maximum atomic E-state index is 14.5. The fourth-order valence-electron chi connectivity index (χ4n) is 3.53. The molecule has 3 rings (SSSR count). The summed E-state index contributed by atoms with van der Waals surface area (Å²) >= 11 is 0. The Morgan fingerprint density at radius 3 is 2.23 bits per heavy atom. The lowest BCUT2D eigenvalue weighted by Crippen LogP contribution is -2.45. The maximum absolute atomic E-state index is 14.5. The van der Waals surface area contributed by atoms with E-state index in [0.29, 0.717) is 5.56 Å². The SMILES string of the molecule is CN1CCC(c2ccccc2F)(C(O)c2ccccc2)CC1. The summed E-state index contributed by atoms with van der Waals surface area (Å²) in [7, 11) is 2.07. The maximum Gasteiger partial charge on any atom is 0.127 e. The molecule has 3 heteroatoms. The van der Waals surface area contributed by atoms with Gasteiger partial charge in [-0.15, -0.1) is 0 Å². The average Bonchev–Trinajstić information content (AvgIpc) is 2.57. The summed E-state index contributed by atoms with van der Waals surface area (Å²) in [5, 5.41) is 11.1. The lowest BCUT2D eigenvalue weighted by atomic mass is 9.67. The van der Waals surface area contributed by atoms with Gasteiger partial charge in [0, 0.05) is 5.41 Å². The Morgan fingerprint density at radius 2 is 1.59 bits per heavy atom. The van der Waals surface area contributed by atoms with Crippen LogP contribution in [0.1, 0.15) is 30.1 Å². The number of rotatable bonds is 3. The molecule has 0 amide bonds. The van der Waals surface area contributed by atoms with E-state index in [0.717, 1.165) is 31.5 Å². The Labute approximate surface area is 131 Å². The molecule has 1 atom stereocenters. The first kappa shape index (κ1) is 15.2. The number of likely N-dealkylation sites (tertiary alicyclic amines) is 1. The van der Waals surface area contributed by atoms with Crippen LogP contribution in [0, 0.1) is 5.82 Å². The second-order valence-electron chi connectivity index (χ2n) is 6.25. The molecule has 0 radical (unpaired) electrons. The molecule has 2 aromatic rings. The van der Waals surface area contributed by atoms with Gasteiger partial charge in [0.1, 0.15) is 5.82 Å². The Morgan fingerprint density at radius 1 is 1.00 bits per heavy atom. The van der Waals surface area contributed by atoms with Gasteiger partial charge in [0.15, 0.2) is 0 Å². The molecular weight excluding hydrogens is 277 g/mol. The molecular formula is C19H22FNO. The molecule has 1 saturated heterocycles. The molecule has 0 bridgehead atoms. The van der Waals surface area contributed by atoms with Crippen LogP contribution in [0.25, 0.3) is 0 Å². The van der Waals surface area contributed by atoms with Gasteiger partial charge in [-0.3, -0.25) is 0 Å². The minimum absolute atomic E-state index is 0.220. The standard InChI is InChI=1S/C19H22FNO/c1-21-13-11-19(12-14-21,16-9-5-6-10-17(16)20)18(22)15-7-3-2-4-8-15/h2-10,18,22H,11-14H2,1H3. The van der Waals surface area contributed by atoms with E-state index in [1.54, 1.807) is 6.07 Å². The van der Waals surface area contributed by atoms with Gasteiger partial charge >= 0.3 is 0 Å². The molecule has 1 aliphatic heterocycles. The van der Waals surface area contributed by atoms with Crippen molar-refractivity contribution in [3.63, 3.8) is 0 Å². The summed E-state index contributed by atoms with van der Waals surface area (Å²) in [6.45, 7) is 1.72. The first-order valence-electron chi connectivity index (χ1n) is 7.80. The number of aliphatic hydroxyl groups is 1. The lowest BCUT2D eigenvalue weighted by molar-refractivity contribution is 0.0327. The number of benzene rings is 2. The largest absolute Gasteiger partial charge is 0.387 e. The van der Waals surface area contributed by atoms with Gasteiger partial charge in [0.2, 0.25) is 0 Å². The number of aliphatic hydroxyl groups excluding tert-OH is 1. The zero-order valence-electron chi connectivity index (χ0n) is 12.9. The topological polar surface area (TPSA) is 23.5 Å². The van der Waals surface area contributed by atoms with Crippen LogP contribution in [0.15, 0.2) is 54.6 Å². The molecule has 1 unspecified atom stereocenters. The van der Waals surface area contributed by atoms with Gasteiger partial charge in [-0.2, -0.15) is 0 Å². The van der Waals surface area contributed by atoms with Crippen LogP contribution in [0.3, 0.4) is 0 Å². The van der Waals surface area contributed by atoms with Gasteiger partial charge in [0.25, 0.3) is 0 Å². The van der Waals surface area contributed by atoms with Crippen molar-refractivity contribution < 1.29 is 9.50 Å². The van der Waals surface area contributed by atoms with Crippen LogP contribution in [0.5, 0.6) is 0 Å². The van der Waals surface area contributed by atoms with Crippen molar-refractivity contribution in [3.8, 4) is 0 Å². The molecule has 0 spiro atoms. The molecule has 0 aromatic heterocycles. The Balaban J connectivity index is 2.06. The van der Waals surface area contributed by atoms with E-state index >= 15 is 0 Å². The smallest absolute Gasteiger partial charge is 0.127 e. The highest BCUT2D eigenvalue weighted by Crippen LogP contribution is 2.46. The fraction of sp³-hybridized carbons (Fsp3) is 0.368. The third-order valence-corrected chi connectivity index (χ3v) is 4.93. The fourth-order valence-corrected chi connectivity index (χ4v) is 3.53. The van der Waals surface area contributed by atoms with E-state index in [2.05, 4.69) is 11.9 Å². The Bertz CT molecular complexity index is 620. The quantitative estimate of drug-likeness (QED) is 0.937. The van der Waals surface area contributed by atoms with Crippen molar-refractivity contribution in [2.75, 3.05) is 20.1 Å². The van der Waals surface area contributed by atoms with Gasteiger partial charge in [-0.05, 0) is 50.2 Å². The molecule has 1 heterocycles. The van der Waals surface area contributed by atoms with Crippen LogP contribution in [-0.2, 0) is 5.41 Å². The first-order valence-corrected chi connectivity index (χ1v) is 7.80. The number of nitrogens with zero attached hydrogens (tertiary/aromatic N) is 1. The molecule has 2 aromatic carbocycles. The minimum atomic E-state index is -0.695. The van der Waals surface area contributed by atoms with Crippen LogP contribution in [-0.4, -0.2) is 30.1 Å². The summed E-state index contributed by atoms with van der Waals surface area (Å²) in [6.07, 6.45) is 0.806. The van der Waals surface area contributed by atoms with E-state index in [9.17, 15) is 9.50 Å². The number of hydrogen-bond acceptors (Lipinski definition) is 2. The molecule has 1 aliphatic rings. The second kappa shape index (κ2) is 6.19. The Kier molecular flexibility index (Phi) is 4.27. The highest BCUT2D eigenvalue weighted by Gasteiger charge is 2.43. The zero-order valence-corrected chi connectivity index (χ0v) is 12.9. The van der Waals surface area contributed by atoms with Gasteiger partial charge < -0.3 is 10.0 Å². The second-order valence-corrected chi connectivity index (χ2v) is 6.25. The summed E-state index contributed by atoms with van der Waals surface area (Å²) in [6, 6.07) is 16.5. The normalized spacial score (nSPS) is 19.8. The zero-order chi connectivity index (χ0) is 15.6. The molecule has 22 heavy (non-hydrogen) atoms. The summed E-state index contributed by atoms with van der Waals surface area (Å²) in [5.41, 5.74) is 0.939. The Hall–Kier alpha value is -1.71. The van der Waals surface area contributed by atoms with Crippen molar-refractivity contribution in [2.24, 2.45) is 0 Å². The first-order chi connectivity index (χ1) is 10.6. The van der Waals surface area contributed by atoms with E-state index in [4.69, 9.17) is 0 Å². The predicted molar refractivity (Wildman–Crippen MR) is 86.2 cm³/mol.